The molecule has 1 aromatic carbocycles. The maximum Gasteiger partial charge on any atom is 0.187 e. The summed E-state index contributed by atoms with van der Waals surface area (Å²) in [4.78, 5) is 16.3. The number of anilines is 1. The molecular weight excluding hydrogens is 280 g/mol. The van der Waals surface area contributed by atoms with Gasteiger partial charge in [0.15, 0.2) is 17.3 Å². The van der Waals surface area contributed by atoms with Gasteiger partial charge in [0.2, 0.25) is 0 Å². The summed E-state index contributed by atoms with van der Waals surface area (Å²) in [5.74, 6) is 1.70. The zero-order chi connectivity index (χ0) is 15.9. The highest BCUT2D eigenvalue weighted by Crippen LogP contribution is 2.27. The molecule has 5 heteroatoms. The van der Waals surface area contributed by atoms with Gasteiger partial charge in [-0.1, -0.05) is 6.07 Å². The predicted molar refractivity (Wildman–Crippen MR) is 85.6 cm³/mol. The lowest BCUT2D eigenvalue weighted by molar-refractivity contribution is 0.104. The van der Waals surface area contributed by atoms with Crippen molar-refractivity contribution in [1.82, 2.24) is 4.98 Å². The number of hydrogen-bond acceptors (Lipinski definition) is 5. The Balaban J connectivity index is 2.09. The minimum absolute atomic E-state index is 0.137. The molecule has 0 amide bonds. The van der Waals surface area contributed by atoms with E-state index in [1.54, 1.807) is 37.7 Å². The minimum atomic E-state index is -0.137. The first-order chi connectivity index (χ1) is 10.7. The molecule has 0 radical (unpaired) electrons. The number of ketones is 1. The third-order valence-corrected chi connectivity index (χ3v) is 3.13. The van der Waals surface area contributed by atoms with E-state index in [-0.39, 0.29) is 5.78 Å². The Morgan fingerprint density at radius 2 is 1.95 bits per heavy atom. The van der Waals surface area contributed by atoms with Crippen molar-refractivity contribution in [3.63, 3.8) is 0 Å². The van der Waals surface area contributed by atoms with Crippen LogP contribution in [-0.4, -0.2) is 25.0 Å². The van der Waals surface area contributed by atoms with E-state index in [1.165, 1.54) is 13.2 Å². The van der Waals surface area contributed by atoms with Crippen LogP contribution in [0.25, 0.3) is 0 Å². The van der Waals surface area contributed by atoms with Crippen molar-refractivity contribution in [3.8, 4) is 11.5 Å². The van der Waals surface area contributed by atoms with Crippen LogP contribution in [0.15, 0.2) is 48.8 Å². The van der Waals surface area contributed by atoms with Crippen molar-refractivity contribution in [2.45, 2.75) is 6.92 Å². The molecule has 0 atom stereocenters. The Morgan fingerprint density at radius 3 is 2.64 bits per heavy atom. The molecule has 1 aromatic heterocycles. The van der Waals surface area contributed by atoms with Gasteiger partial charge in [-0.05, 0) is 36.8 Å². The van der Waals surface area contributed by atoms with Crippen LogP contribution < -0.4 is 14.8 Å². The lowest BCUT2D eigenvalue weighted by Crippen LogP contribution is -1.99. The molecule has 1 N–H and O–H groups in total. The first kappa shape index (κ1) is 15.6. The smallest absolute Gasteiger partial charge is 0.187 e. The second kappa shape index (κ2) is 7.26. The molecule has 2 rings (SSSR count). The molecule has 2 aromatic rings. The van der Waals surface area contributed by atoms with Gasteiger partial charge in [-0.25, -0.2) is 4.98 Å². The normalized spacial score (nSPS) is 10.5. The number of methoxy groups -OCH3 is 2. The molecule has 0 fully saturated rings. The summed E-state index contributed by atoms with van der Waals surface area (Å²) in [5, 5.41) is 3.00. The summed E-state index contributed by atoms with van der Waals surface area (Å²) in [5.41, 5.74) is 1.53. The fourth-order valence-corrected chi connectivity index (χ4v) is 1.92. The van der Waals surface area contributed by atoms with Gasteiger partial charge >= 0.3 is 0 Å². The Hall–Kier alpha value is -2.82. The molecule has 114 valence electrons. The van der Waals surface area contributed by atoms with E-state index in [0.717, 1.165) is 11.4 Å². The number of benzene rings is 1. The second-order valence-corrected chi connectivity index (χ2v) is 4.58. The van der Waals surface area contributed by atoms with E-state index >= 15 is 0 Å². The van der Waals surface area contributed by atoms with Crippen LogP contribution in [0.5, 0.6) is 11.5 Å². The topological polar surface area (TPSA) is 60.5 Å². The third kappa shape index (κ3) is 3.63. The van der Waals surface area contributed by atoms with Crippen LogP contribution in [-0.2, 0) is 0 Å². The lowest BCUT2D eigenvalue weighted by atomic mass is 10.1. The number of hydrogen-bond donors (Lipinski definition) is 1. The average Bonchev–Trinajstić information content (AvgIpc) is 2.55. The van der Waals surface area contributed by atoms with Gasteiger partial charge in [0, 0.05) is 24.0 Å². The fraction of sp³-hybridized carbons (Fsp3) is 0.176. The van der Waals surface area contributed by atoms with Crippen molar-refractivity contribution in [2.75, 3.05) is 19.5 Å². The molecule has 22 heavy (non-hydrogen) atoms. The van der Waals surface area contributed by atoms with Gasteiger partial charge in [0.25, 0.3) is 0 Å². The lowest BCUT2D eigenvalue weighted by Gasteiger charge is -2.08. The highest BCUT2D eigenvalue weighted by Gasteiger charge is 2.08. The van der Waals surface area contributed by atoms with Crippen molar-refractivity contribution in [3.05, 3.63) is 59.9 Å². The maximum atomic E-state index is 12.1. The molecule has 0 spiro atoms. The van der Waals surface area contributed by atoms with Crippen LogP contribution in [0, 0.1) is 6.92 Å². The number of nitrogens with zero attached hydrogens (tertiary/aromatic N) is 1. The molecule has 0 unspecified atom stereocenters. The predicted octanol–water partition coefficient (Wildman–Crippen LogP) is 3.22. The Labute approximate surface area is 129 Å². The van der Waals surface area contributed by atoms with Gasteiger partial charge in [-0.3, -0.25) is 4.79 Å². The molecule has 5 nitrogen and oxygen atoms in total. The number of carbonyl (C=O) groups excluding carboxylic acids is 1. The molecule has 0 saturated heterocycles. The molecular formula is C17H18N2O3. The summed E-state index contributed by atoms with van der Waals surface area (Å²) in [6.45, 7) is 1.94. The first-order valence-corrected chi connectivity index (χ1v) is 6.76. The van der Waals surface area contributed by atoms with Crippen LogP contribution >= 0.6 is 0 Å². The van der Waals surface area contributed by atoms with Crippen molar-refractivity contribution in [2.24, 2.45) is 0 Å². The highest BCUT2D eigenvalue weighted by molar-refractivity contribution is 6.05. The van der Waals surface area contributed by atoms with Crippen molar-refractivity contribution in [1.29, 1.82) is 0 Å². The van der Waals surface area contributed by atoms with Gasteiger partial charge in [0.1, 0.15) is 5.82 Å². The average molecular weight is 298 g/mol. The first-order valence-electron chi connectivity index (χ1n) is 6.76. The van der Waals surface area contributed by atoms with Crippen molar-refractivity contribution < 1.29 is 14.3 Å². The standard InChI is InChI=1S/C17H18N2O3/c1-12-5-4-9-18-17(12)19-10-8-14(20)13-6-7-15(21-2)16(11-13)22-3/h4-11H,1-3H3,(H,18,19)/b10-8+. The number of aromatic nitrogens is 1. The summed E-state index contributed by atoms with van der Waals surface area (Å²) >= 11 is 0. The zero-order valence-electron chi connectivity index (χ0n) is 12.8. The van der Waals surface area contributed by atoms with Gasteiger partial charge in [-0.2, -0.15) is 0 Å². The quantitative estimate of drug-likeness (QED) is 0.655. The Morgan fingerprint density at radius 1 is 1.18 bits per heavy atom. The summed E-state index contributed by atoms with van der Waals surface area (Å²) < 4.78 is 10.3. The Bertz CT molecular complexity index is 696. The van der Waals surface area contributed by atoms with E-state index in [2.05, 4.69) is 10.3 Å². The number of pyridine rings is 1. The summed E-state index contributed by atoms with van der Waals surface area (Å²) in [6, 6.07) is 8.85. The van der Waals surface area contributed by atoms with Gasteiger partial charge in [-0.15, -0.1) is 0 Å². The van der Waals surface area contributed by atoms with E-state index in [9.17, 15) is 4.79 Å². The molecule has 0 aliphatic carbocycles. The van der Waals surface area contributed by atoms with E-state index in [4.69, 9.17) is 9.47 Å². The highest BCUT2D eigenvalue weighted by atomic mass is 16.5. The molecule has 1 heterocycles. The van der Waals surface area contributed by atoms with Gasteiger partial charge < -0.3 is 14.8 Å². The van der Waals surface area contributed by atoms with E-state index in [0.29, 0.717) is 17.1 Å². The number of allylic oxidation sites excluding steroid dienone is 1. The zero-order valence-corrected chi connectivity index (χ0v) is 12.8. The molecule has 0 aliphatic rings. The number of ether oxygens (including phenoxy) is 2. The summed E-state index contributed by atoms with van der Waals surface area (Å²) in [7, 11) is 3.09. The molecule has 0 saturated carbocycles. The van der Waals surface area contributed by atoms with Crippen LogP contribution in [0.3, 0.4) is 0 Å². The largest absolute Gasteiger partial charge is 0.493 e. The minimum Gasteiger partial charge on any atom is -0.493 e. The monoisotopic (exact) mass is 298 g/mol. The van der Waals surface area contributed by atoms with E-state index < -0.39 is 0 Å². The number of carbonyl (C=O) groups is 1. The number of aryl methyl sites for hydroxylation is 1. The van der Waals surface area contributed by atoms with E-state index in [1.807, 2.05) is 19.1 Å². The SMILES string of the molecule is COc1ccc(C(=O)/C=C/Nc2ncccc2C)cc1OC. The number of nitrogens with one attached hydrogen (secondary N) is 1. The number of rotatable bonds is 6. The second-order valence-electron chi connectivity index (χ2n) is 4.58. The van der Waals surface area contributed by atoms with Crippen LogP contribution in [0.4, 0.5) is 5.82 Å². The van der Waals surface area contributed by atoms with Gasteiger partial charge in [0.05, 0.1) is 14.2 Å². The van der Waals surface area contributed by atoms with Crippen molar-refractivity contribution >= 4 is 11.6 Å². The third-order valence-electron chi connectivity index (χ3n) is 3.13. The molecule has 0 bridgehead atoms. The van der Waals surface area contributed by atoms with Crippen LogP contribution in [0.1, 0.15) is 15.9 Å². The van der Waals surface area contributed by atoms with Crippen LogP contribution in [0.2, 0.25) is 0 Å². The maximum absolute atomic E-state index is 12.1. The summed E-state index contributed by atoms with van der Waals surface area (Å²) in [6.07, 6.45) is 4.73. The molecule has 0 aliphatic heterocycles. The Kier molecular flexibility index (Phi) is 5.14. The fourth-order valence-electron chi connectivity index (χ4n) is 1.92.